The third kappa shape index (κ3) is 3.71. The van der Waals surface area contributed by atoms with Crippen LogP contribution in [0, 0.1) is 0 Å². The first-order chi connectivity index (χ1) is 9.56. The average molecular weight is 277 g/mol. The number of primary amides is 1. The van der Waals surface area contributed by atoms with E-state index in [2.05, 4.69) is 5.32 Å². The molecular weight excluding hydrogens is 258 g/mol. The maximum absolute atomic E-state index is 12.0. The van der Waals surface area contributed by atoms with E-state index in [9.17, 15) is 9.59 Å². The van der Waals surface area contributed by atoms with Crippen LogP contribution in [0.15, 0.2) is 24.3 Å². The molecular formula is C14H19N3O3. The standard InChI is InChI=1S/C14H19N3O3/c1-10-8-17(7-6-16-10)13(18)9-20-12-4-2-11(3-5-12)14(15)19/h2-5,10,16H,6-9H2,1H3,(H2,15,19)/t10-/m1/s1. The van der Waals surface area contributed by atoms with Crippen LogP contribution < -0.4 is 15.8 Å². The molecule has 6 heteroatoms. The van der Waals surface area contributed by atoms with Crippen molar-refractivity contribution in [3.05, 3.63) is 29.8 Å². The van der Waals surface area contributed by atoms with Crippen molar-refractivity contribution in [3.8, 4) is 5.75 Å². The van der Waals surface area contributed by atoms with Gasteiger partial charge >= 0.3 is 0 Å². The maximum Gasteiger partial charge on any atom is 0.260 e. The van der Waals surface area contributed by atoms with Gasteiger partial charge in [0.1, 0.15) is 5.75 Å². The van der Waals surface area contributed by atoms with E-state index in [-0.39, 0.29) is 12.5 Å². The molecule has 0 unspecified atom stereocenters. The molecule has 1 heterocycles. The van der Waals surface area contributed by atoms with Crippen LogP contribution in [-0.4, -0.2) is 49.0 Å². The van der Waals surface area contributed by atoms with Gasteiger partial charge in [-0.25, -0.2) is 0 Å². The van der Waals surface area contributed by atoms with Crippen molar-refractivity contribution in [1.82, 2.24) is 10.2 Å². The van der Waals surface area contributed by atoms with Crippen LogP contribution in [0.25, 0.3) is 0 Å². The highest BCUT2D eigenvalue weighted by Crippen LogP contribution is 2.12. The number of hydrogen-bond acceptors (Lipinski definition) is 4. The number of hydrogen-bond donors (Lipinski definition) is 2. The largest absolute Gasteiger partial charge is 0.484 e. The van der Waals surface area contributed by atoms with Gasteiger partial charge in [-0.05, 0) is 31.2 Å². The number of amides is 2. The third-order valence-corrected chi connectivity index (χ3v) is 3.22. The molecule has 0 spiro atoms. The van der Waals surface area contributed by atoms with E-state index in [1.807, 2.05) is 6.92 Å². The number of nitrogens with zero attached hydrogens (tertiary/aromatic N) is 1. The monoisotopic (exact) mass is 277 g/mol. The summed E-state index contributed by atoms with van der Waals surface area (Å²) in [6, 6.07) is 6.73. The van der Waals surface area contributed by atoms with Crippen LogP contribution in [0.1, 0.15) is 17.3 Å². The minimum atomic E-state index is -0.484. The summed E-state index contributed by atoms with van der Waals surface area (Å²) in [4.78, 5) is 24.7. The first-order valence-corrected chi connectivity index (χ1v) is 6.60. The van der Waals surface area contributed by atoms with Crippen molar-refractivity contribution in [2.24, 2.45) is 5.73 Å². The molecule has 1 fully saturated rings. The lowest BCUT2D eigenvalue weighted by molar-refractivity contribution is -0.134. The Kier molecular flexibility index (Phi) is 4.57. The van der Waals surface area contributed by atoms with Gasteiger partial charge in [0.15, 0.2) is 6.61 Å². The van der Waals surface area contributed by atoms with E-state index in [1.54, 1.807) is 29.2 Å². The molecule has 108 valence electrons. The van der Waals surface area contributed by atoms with Crippen LogP contribution >= 0.6 is 0 Å². The number of carbonyl (C=O) groups is 2. The highest BCUT2D eigenvalue weighted by Gasteiger charge is 2.20. The molecule has 1 aliphatic rings. The molecule has 1 aromatic carbocycles. The van der Waals surface area contributed by atoms with Gasteiger partial charge in [0.05, 0.1) is 0 Å². The summed E-state index contributed by atoms with van der Waals surface area (Å²) < 4.78 is 5.43. The van der Waals surface area contributed by atoms with Crippen molar-refractivity contribution >= 4 is 11.8 Å². The summed E-state index contributed by atoms with van der Waals surface area (Å²) >= 11 is 0. The minimum absolute atomic E-state index is 0.00262. The summed E-state index contributed by atoms with van der Waals surface area (Å²) in [6.07, 6.45) is 0. The summed E-state index contributed by atoms with van der Waals surface area (Å²) in [7, 11) is 0. The van der Waals surface area contributed by atoms with E-state index in [0.717, 1.165) is 6.54 Å². The molecule has 1 aliphatic heterocycles. The molecule has 20 heavy (non-hydrogen) atoms. The van der Waals surface area contributed by atoms with Crippen molar-refractivity contribution in [2.75, 3.05) is 26.2 Å². The number of ether oxygens (including phenoxy) is 1. The Morgan fingerprint density at radius 2 is 2.10 bits per heavy atom. The molecule has 0 radical (unpaired) electrons. The zero-order valence-electron chi connectivity index (χ0n) is 11.5. The Morgan fingerprint density at radius 3 is 2.70 bits per heavy atom. The lowest BCUT2D eigenvalue weighted by atomic mass is 10.2. The predicted molar refractivity (Wildman–Crippen MR) is 74.5 cm³/mol. The van der Waals surface area contributed by atoms with Gasteiger partial charge in [-0.15, -0.1) is 0 Å². The first-order valence-electron chi connectivity index (χ1n) is 6.60. The molecule has 0 bridgehead atoms. The molecule has 2 amide bonds. The lowest BCUT2D eigenvalue weighted by Crippen LogP contribution is -2.52. The number of rotatable bonds is 4. The molecule has 1 aromatic rings. The Balaban J connectivity index is 1.85. The topological polar surface area (TPSA) is 84.7 Å². The normalized spacial score (nSPS) is 18.6. The molecule has 2 rings (SSSR count). The van der Waals surface area contributed by atoms with Crippen molar-refractivity contribution in [3.63, 3.8) is 0 Å². The molecule has 3 N–H and O–H groups in total. The summed E-state index contributed by atoms with van der Waals surface area (Å²) in [5.74, 6) is 0.0336. The van der Waals surface area contributed by atoms with Gasteiger partial charge in [-0.1, -0.05) is 0 Å². The van der Waals surface area contributed by atoms with Gasteiger partial charge in [0, 0.05) is 31.2 Å². The Labute approximate surface area is 117 Å². The van der Waals surface area contributed by atoms with Gasteiger partial charge < -0.3 is 20.7 Å². The van der Waals surface area contributed by atoms with E-state index in [4.69, 9.17) is 10.5 Å². The Bertz CT molecular complexity index is 487. The van der Waals surface area contributed by atoms with E-state index in [0.29, 0.717) is 30.4 Å². The van der Waals surface area contributed by atoms with Crippen LogP contribution in [0.4, 0.5) is 0 Å². The first kappa shape index (κ1) is 14.3. The number of carbonyl (C=O) groups excluding carboxylic acids is 2. The second kappa shape index (κ2) is 6.38. The molecule has 0 aromatic heterocycles. The van der Waals surface area contributed by atoms with Crippen LogP contribution in [0.2, 0.25) is 0 Å². The number of nitrogens with one attached hydrogen (secondary N) is 1. The molecule has 6 nitrogen and oxygen atoms in total. The second-order valence-corrected chi connectivity index (χ2v) is 4.87. The van der Waals surface area contributed by atoms with Crippen molar-refractivity contribution in [2.45, 2.75) is 13.0 Å². The maximum atomic E-state index is 12.0. The zero-order valence-corrected chi connectivity index (χ0v) is 11.5. The van der Waals surface area contributed by atoms with Crippen LogP contribution in [0.3, 0.4) is 0 Å². The number of benzene rings is 1. The highest BCUT2D eigenvalue weighted by atomic mass is 16.5. The summed E-state index contributed by atoms with van der Waals surface area (Å²) in [5, 5.41) is 3.28. The molecule has 1 atom stereocenters. The van der Waals surface area contributed by atoms with Gasteiger partial charge in [0.25, 0.3) is 5.91 Å². The molecule has 0 saturated carbocycles. The fourth-order valence-electron chi connectivity index (χ4n) is 2.11. The lowest BCUT2D eigenvalue weighted by Gasteiger charge is -2.31. The highest BCUT2D eigenvalue weighted by molar-refractivity contribution is 5.92. The summed E-state index contributed by atoms with van der Waals surface area (Å²) in [6.45, 7) is 4.25. The van der Waals surface area contributed by atoms with Crippen molar-refractivity contribution in [1.29, 1.82) is 0 Å². The smallest absolute Gasteiger partial charge is 0.260 e. The van der Waals surface area contributed by atoms with Crippen LogP contribution in [0.5, 0.6) is 5.75 Å². The van der Waals surface area contributed by atoms with E-state index >= 15 is 0 Å². The second-order valence-electron chi connectivity index (χ2n) is 4.87. The number of piperazine rings is 1. The fourth-order valence-corrected chi connectivity index (χ4v) is 2.11. The quantitative estimate of drug-likeness (QED) is 0.810. The fraction of sp³-hybridized carbons (Fsp3) is 0.429. The molecule has 0 aliphatic carbocycles. The molecule has 1 saturated heterocycles. The average Bonchev–Trinajstić information content (AvgIpc) is 2.45. The number of nitrogens with two attached hydrogens (primary N) is 1. The summed E-state index contributed by atoms with van der Waals surface area (Å²) in [5.41, 5.74) is 5.57. The van der Waals surface area contributed by atoms with Gasteiger partial charge in [0.2, 0.25) is 5.91 Å². The predicted octanol–water partition coefficient (Wildman–Crippen LogP) is -0.0154. The third-order valence-electron chi connectivity index (χ3n) is 3.22. The Hall–Kier alpha value is -2.08. The minimum Gasteiger partial charge on any atom is -0.484 e. The van der Waals surface area contributed by atoms with Crippen LogP contribution in [-0.2, 0) is 4.79 Å². The van der Waals surface area contributed by atoms with Gasteiger partial charge in [-0.2, -0.15) is 0 Å². The SMILES string of the molecule is C[C@@H]1CN(C(=O)COc2ccc(C(N)=O)cc2)CCN1. The Morgan fingerprint density at radius 1 is 1.40 bits per heavy atom. The van der Waals surface area contributed by atoms with E-state index in [1.165, 1.54) is 0 Å². The zero-order chi connectivity index (χ0) is 14.5. The van der Waals surface area contributed by atoms with Crippen molar-refractivity contribution < 1.29 is 14.3 Å². The van der Waals surface area contributed by atoms with E-state index < -0.39 is 5.91 Å². The van der Waals surface area contributed by atoms with Gasteiger partial charge in [-0.3, -0.25) is 9.59 Å².